The van der Waals surface area contributed by atoms with Gasteiger partial charge < -0.3 is 4.74 Å². The van der Waals surface area contributed by atoms with Gasteiger partial charge >= 0.3 is 6.36 Å². The van der Waals surface area contributed by atoms with Gasteiger partial charge in [-0.2, -0.15) is 0 Å². The maximum atomic E-state index is 12.1. The van der Waals surface area contributed by atoms with E-state index >= 15 is 0 Å². The molecule has 5 heteroatoms. The number of hydrogen-bond acceptors (Lipinski definition) is 1. The lowest BCUT2D eigenvalue weighted by molar-refractivity contribution is -0.274. The molecule has 17 heavy (non-hydrogen) atoms. The van der Waals surface area contributed by atoms with Crippen LogP contribution in [-0.4, -0.2) is 11.7 Å². The van der Waals surface area contributed by atoms with E-state index in [2.05, 4.69) is 20.7 Å². The molecule has 0 saturated carbocycles. The van der Waals surface area contributed by atoms with Crippen LogP contribution in [0.2, 0.25) is 0 Å². The minimum Gasteiger partial charge on any atom is -0.406 e. The van der Waals surface area contributed by atoms with Gasteiger partial charge in [-0.3, -0.25) is 0 Å². The van der Waals surface area contributed by atoms with Crippen LogP contribution in [0.5, 0.6) is 5.75 Å². The van der Waals surface area contributed by atoms with Crippen molar-refractivity contribution in [3.63, 3.8) is 0 Å². The molecule has 0 atom stereocenters. The molecule has 1 aromatic rings. The Balaban J connectivity index is 2.84. The fourth-order valence-corrected chi connectivity index (χ4v) is 1.91. The minimum atomic E-state index is -4.62. The summed E-state index contributed by atoms with van der Waals surface area (Å²) in [5.41, 5.74) is 1.99. The summed E-state index contributed by atoms with van der Waals surface area (Å²) < 4.78 is 40.0. The van der Waals surface area contributed by atoms with Crippen LogP contribution in [0.3, 0.4) is 0 Å². The zero-order valence-corrected chi connectivity index (χ0v) is 11.1. The van der Waals surface area contributed by atoms with Crippen molar-refractivity contribution in [2.24, 2.45) is 0 Å². The molecule has 1 rings (SSSR count). The van der Waals surface area contributed by atoms with Crippen LogP contribution in [0, 0.1) is 0 Å². The van der Waals surface area contributed by atoms with E-state index in [1.165, 1.54) is 12.1 Å². The molecule has 0 spiro atoms. The van der Waals surface area contributed by atoms with E-state index in [4.69, 9.17) is 0 Å². The highest BCUT2D eigenvalue weighted by molar-refractivity contribution is 9.09. The Labute approximate surface area is 107 Å². The maximum absolute atomic E-state index is 12.1. The Bertz CT molecular complexity index is 363. The molecule has 0 radical (unpaired) electrons. The third-order valence-corrected chi connectivity index (χ3v) is 2.93. The summed E-state index contributed by atoms with van der Waals surface area (Å²) in [5, 5.41) is 0.886. The lowest BCUT2D eigenvalue weighted by atomic mass is 10.0. The molecular formula is C12H14BrF3O. The van der Waals surface area contributed by atoms with Crippen LogP contribution < -0.4 is 4.74 Å². The van der Waals surface area contributed by atoms with E-state index < -0.39 is 6.36 Å². The van der Waals surface area contributed by atoms with Gasteiger partial charge in [0.25, 0.3) is 0 Å². The van der Waals surface area contributed by atoms with Crippen molar-refractivity contribution >= 4 is 15.9 Å². The molecule has 0 aliphatic carbocycles. The summed E-state index contributed by atoms with van der Waals surface area (Å²) in [6.07, 6.45) is -2.09. The second kappa shape index (κ2) is 6.28. The highest BCUT2D eigenvalue weighted by Gasteiger charge is 2.31. The average Bonchev–Trinajstić information content (AvgIpc) is 2.25. The molecule has 0 saturated heterocycles. The fourth-order valence-electron chi connectivity index (χ4n) is 1.63. The largest absolute Gasteiger partial charge is 0.573 e. The van der Waals surface area contributed by atoms with Crippen LogP contribution in [0.1, 0.15) is 24.5 Å². The number of alkyl halides is 4. The van der Waals surface area contributed by atoms with Crippen LogP contribution in [0.15, 0.2) is 18.2 Å². The predicted molar refractivity (Wildman–Crippen MR) is 64.6 cm³/mol. The number of halogens is 4. The van der Waals surface area contributed by atoms with Crippen molar-refractivity contribution in [1.29, 1.82) is 0 Å². The molecular weight excluding hydrogens is 297 g/mol. The van der Waals surface area contributed by atoms with Crippen LogP contribution in [0.4, 0.5) is 13.2 Å². The number of hydrogen-bond donors (Lipinski definition) is 0. The summed E-state index contributed by atoms with van der Waals surface area (Å²) in [4.78, 5) is 0. The number of ether oxygens (including phenoxy) is 1. The first-order valence-electron chi connectivity index (χ1n) is 5.39. The SMILES string of the molecule is CCc1cc(OC(F)(F)F)ccc1CCCBr. The first-order valence-corrected chi connectivity index (χ1v) is 6.52. The second-order valence-electron chi connectivity index (χ2n) is 3.62. The normalized spacial score (nSPS) is 11.6. The molecule has 0 aliphatic heterocycles. The van der Waals surface area contributed by atoms with Gasteiger partial charge in [0.2, 0.25) is 0 Å². The summed E-state index contributed by atoms with van der Waals surface area (Å²) >= 11 is 3.33. The summed E-state index contributed by atoms with van der Waals surface area (Å²) in [5.74, 6) is -0.142. The van der Waals surface area contributed by atoms with E-state index in [1.807, 2.05) is 6.92 Å². The summed E-state index contributed by atoms with van der Waals surface area (Å²) in [6.45, 7) is 1.92. The molecule has 96 valence electrons. The molecule has 0 fully saturated rings. The highest BCUT2D eigenvalue weighted by atomic mass is 79.9. The number of rotatable bonds is 5. The van der Waals surface area contributed by atoms with Crippen LogP contribution >= 0.6 is 15.9 Å². The molecule has 0 aromatic heterocycles. The summed E-state index contributed by atoms with van der Waals surface area (Å²) in [7, 11) is 0. The number of aryl methyl sites for hydroxylation is 2. The van der Waals surface area contributed by atoms with Gasteiger partial charge in [-0.05, 0) is 42.5 Å². The highest BCUT2D eigenvalue weighted by Crippen LogP contribution is 2.26. The standard InChI is InChI=1S/C12H14BrF3O/c1-2-9-8-11(17-12(14,15)16)6-5-10(9)4-3-7-13/h5-6,8H,2-4,7H2,1H3. The average molecular weight is 311 g/mol. The van der Waals surface area contributed by atoms with Crippen molar-refractivity contribution in [2.75, 3.05) is 5.33 Å². The first kappa shape index (κ1) is 14.4. The molecule has 0 aliphatic rings. The van der Waals surface area contributed by atoms with E-state index in [0.29, 0.717) is 6.42 Å². The van der Waals surface area contributed by atoms with Gasteiger partial charge in [0.05, 0.1) is 0 Å². The van der Waals surface area contributed by atoms with E-state index in [-0.39, 0.29) is 5.75 Å². The van der Waals surface area contributed by atoms with Gasteiger partial charge in [0, 0.05) is 5.33 Å². The predicted octanol–water partition coefficient (Wildman–Crippen LogP) is 4.48. The molecule has 0 bridgehead atoms. The van der Waals surface area contributed by atoms with E-state index in [0.717, 1.165) is 29.3 Å². The zero-order chi connectivity index (χ0) is 12.9. The first-order chi connectivity index (χ1) is 7.96. The second-order valence-corrected chi connectivity index (χ2v) is 4.42. The molecule has 0 unspecified atom stereocenters. The molecule has 1 aromatic carbocycles. The van der Waals surface area contributed by atoms with E-state index in [1.54, 1.807) is 6.07 Å². The van der Waals surface area contributed by atoms with Crippen molar-refractivity contribution < 1.29 is 17.9 Å². The number of benzene rings is 1. The topological polar surface area (TPSA) is 9.23 Å². The van der Waals surface area contributed by atoms with Gasteiger partial charge in [0.15, 0.2) is 0 Å². The maximum Gasteiger partial charge on any atom is 0.573 e. The molecule has 1 nitrogen and oxygen atoms in total. The zero-order valence-electron chi connectivity index (χ0n) is 9.48. The van der Waals surface area contributed by atoms with Gasteiger partial charge in [-0.1, -0.05) is 28.9 Å². The Morgan fingerprint density at radius 2 is 1.94 bits per heavy atom. The fraction of sp³-hybridized carbons (Fsp3) is 0.500. The molecule has 0 amide bonds. The van der Waals surface area contributed by atoms with Crippen molar-refractivity contribution in [1.82, 2.24) is 0 Å². The van der Waals surface area contributed by atoms with Crippen LogP contribution in [0.25, 0.3) is 0 Å². The van der Waals surface area contributed by atoms with Gasteiger partial charge in [-0.25, -0.2) is 0 Å². The monoisotopic (exact) mass is 310 g/mol. The summed E-state index contributed by atoms with van der Waals surface area (Å²) in [6, 6.07) is 4.55. The Morgan fingerprint density at radius 3 is 2.47 bits per heavy atom. The minimum absolute atomic E-state index is 0.142. The van der Waals surface area contributed by atoms with Crippen molar-refractivity contribution in [3.8, 4) is 5.75 Å². The third kappa shape index (κ3) is 4.98. The lowest BCUT2D eigenvalue weighted by Gasteiger charge is -2.12. The Morgan fingerprint density at radius 1 is 1.24 bits per heavy atom. The third-order valence-electron chi connectivity index (χ3n) is 2.37. The Kier molecular flexibility index (Phi) is 5.31. The lowest BCUT2D eigenvalue weighted by Crippen LogP contribution is -2.17. The van der Waals surface area contributed by atoms with Gasteiger partial charge in [0.1, 0.15) is 5.75 Å². The van der Waals surface area contributed by atoms with Crippen LogP contribution in [-0.2, 0) is 12.8 Å². The van der Waals surface area contributed by atoms with Crippen molar-refractivity contribution in [3.05, 3.63) is 29.3 Å². The van der Waals surface area contributed by atoms with Crippen molar-refractivity contribution in [2.45, 2.75) is 32.5 Å². The smallest absolute Gasteiger partial charge is 0.406 e. The molecule has 0 N–H and O–H groups in total. The van der Waals surface area contributed by atoms with E-state index in [9.17, 15) is 13.2 Å². The quantitative estimate of drug-likeness (QED) is 0.729. The van der Waals surface area contributed by atoms with Gasteiger partial charge in [-0.15, -0.1) is 13.2 Å². The Hall–Kier alpha value is -0.710. The molecule has 0 heterocycles.